The van der Waals surface area contributed by atoms with Crippen LogP contribution in [0.2, 0.25) is 5.02 Å². The first kappa shape index (κ1) is 39.8. The van der Waals surface area contributed by atoms with Crippen molar-refractivity contribution < 1.29 is 29.6 Å². The second kappa shape index (κ2) is 17.4. The van der Waals surface area contributed by atoms with Gasteiger partial charge in [0.2, 0.25) is 5.56 Å². The van der Waals surface area contributed by atoms with Crippen molar-refractivity contribution in [2.45, 2.75) is 56.7 Å². The first-order chi connectivity index (χ1) is 27.6. The lowest BCUT2D eigenvalue weighted by Gasteiger charge is -2.53. The van der Waals surface area contributed by atoms with Crippen LogP contribution in [-0.4, -0.2) is 82.6 Å². The van der Waals surface area contributed by atoms with Gasteiger partial charge >= 0.3 is 6.09 Å². The van der Waals surface area contributed by atoms with Crippen LogP contribution in [0.5, 0.6) is 11.5 Å². The van der Waals surface area contributed by atoms with Crippen LogP contribution in [-0.2, 0) is 13.0 Å². The largest absolute Gasteiger partial charge is 0.506 e. The number of methoxy groups -OCH3 is 1. The topological polar surface area (TPSA) is 167 Å². The molecule has 0 spiro atoms. The molecule has 2 amide bonds. The zero-order valence-corrected chi connectivity index (χ0v) is 32.6. The molecule has 8 rings (SSSR count). The van der Waals surface area contributed by atoms with Gasteiger partial charge in [0.05, 0.1) is 40.5 Å². The fraction of sp³-hybridized carbons (Fsp3) is 0.341. The van der Waals surface area contributed by atoms with Crippen LogP contribution in [0.1, 0.15) is 65.3 Å². The molecule has 1 aromatic heterocycles. The minimum atomic E-state index is -0.949. The van der Waals surface area contributed by atoms with E-state index in [1.807, 2.05) is 42.5 Å². The standard InChI is InChI=1S/C44H48ClN5O7/c1-57-39-25-34(35(45)24-30(39)26-46-27-38(52)32-12-14-37(51)41-33(32)13-15-40(53)48-41)42(54)47-19-6-5-7-28-10-11-31(29-8-3-2-4-9-29)36(23-28)50(43(55)56)44-16-20-49(21-17-44)22-18-44/h2-4,8-15,23-25,38,46,51-52H,5-7,16-22,26-27H2,1H3,(H,47,54)(H,48,53)(H,55,56)/t38-/m0/s1. The lowest BCUT2D eigenvalue weighted by Crippen LogP contribution is -2.62. The maximum absolute atomic E-state index is 13.3. The predicted octanol–water partition coefficient (Wildman–Crippen LogP) is 6.86. The van der Waals surface area contributed by atoms with Gasteiger partial charge in [-0.3, -0.25) is 14.5 Å². The first-order valence-electron chi connectivity index (χ1n) is 19.4. The Bertz CT molecular complexity index is 2290. The number of aliphatic hydroxyl groups is 1. The molecule has 3 saturated heterocycles. The van der Waals surface area contributed by atoms with Gasteiger partial charge in [0, 0.05) is 61.8 Å². The van der Waals surface area contributed by atoms with Gasteiger partial charge in [-0.25, -0.2) is 4.79 Å². The van der Waals surface area contributed by atoms with Gasteiger partial charge in [0.25, 0.3) is 5.91 Å². The maximum atomic E-state index is 13.3. The summed E-state index contributed by atoms with van der Waals surface area (Å²) in [6.07, 6.45) is 2.81. The Morgan fingerprint density at radius 2 is 1.74 bits per heavy atom. The van der Waals surface area contributed by atoms with Gasteiger partial charge in [0.15, 0.2) is 0 Å². The van der Waals surface area contributed by atoms with E-state index in [4.69, 9.17) is 16.3 Å². The zero-order valence-electron chi connectivity index (χ0n) is 31.9. The van der Waals surface area contributed by atoms with E-state index in [9.17, 15) is 29.7 Å². The number of hydrogen-bond acceptors (Lipinski definition) is 8. The lowest BCUT2D eigenvalue weighted by atomic mass is 9.78. The molecular weight excluding hydrogens is 746 g/mol. The van der Waals surface area contributed by atoms with Gasteiger partial charge < -0.3 is 40.6 Å². The molecule has 298 valence electrons. The summed E-state index contributed by atoms with van der Waals surface area (Å²) in [6, 6.07) is 25.3. The number of carbonyl (C=O) groups is 2. The van der Waals surface area contributed by atoms with Crippen molar-refractivity contribution in [3.8, 4) is 22.6 Å². The smallest absolute Gasteiger partial charge is 0.412 e. The molecule has 0 aliphatic carbocycles. The second-order valence-corrected chi connectivity index (χ2v) is 15.3. The van der Waals surface area contributed by atoms with Crippen LogP contribution in [0.4, 0.5) is 10.5 Å². The van der Waals surface area contributed by atoms with E-state index < -0.39 is 17.7 Å². The molecule has 4 heterocycles. The zero-order chi connectivity index (χ0) is 40.1. The third kappa shape index (κ3) is 8.64. The van der Waals surface area contributed by atoms with E-state index in [-0.39, 0.29) is 46.4 Å². The molecule has 4 aromatic carbocycles. The number of nitrogens with one attached hydrogen (secondary N) is 3. The number of benzene rings is 4. The summed E-state index contributed by atoms with van der Waals surface area (Å²) in [6.45, 7) is 3.59. The molecule has 1 atom stereocenters. The van der Waals surface area contributed by atoms with E-state index in [0.717, 1.165) is 74.1 Å². The van der Waals surface area contributed by atoms with E-state index in [1.165, 1.54) is 19.2 Å². The van der Waals surface area contributed by atoms with Gasteiger partial charge in [-0.1, -0.05) is 60.1 Å². The summed E-state index contributed by atoms with van der Waals surface area (Å²) in [7, 11) is 1.51. The Balaban J connectivity index is 0.956. The molecule has 5 aromatic rings. The fourth-order valence-corrected chi connectivity index (χ4v) is 8.61. The van der Waals surface area contributed by atoms with Crippen molar-refractivity contribution in [2.75, 3.05) is 44.7 Å². The fourth-order valence-electron chi connectivity index (χ4n) is 8.34. The summed E-state index contributed by atoms with van der Waals surface area (Å²) >= 11 is 6.61. The number of H-pyrrole nitrogens is 1. The summed E-state index contributed by atoms with van der Waals surface area (Å²) in [5.74, 6) is 0.0525. The molecule has 3 aliphatic heterocycles. The molecule has 0 radical (unpaired) electrons. The van der Waals surface area contributed by atoms with Gasteiger partial charge in [-0.15, -0.1) is 0 Å². The first-order valence-corrected chi connectivity index (χ1v) is 19.8. The number of amides is 2. The van der Waals surface area contributed by atoms with E-state index in [0.29, 0.717) is 35.2 Å². The van der Waals surface area contributed by atoms with Crippen molar-refractivity contribution >= 4 is 40.2 Å². The maximum Gasteiger partial charge on any atom is 0.412 e. The number of pyridine rings is 1. The highest BCUT2D eigenvalue weighted by Crippen LogP contribution is 2.44. The normalized spacial score (nSPS) is 18.0. The third-order valence-electron chi connectivity index (χ3n) is 11.4. The predicted molar refractivity (Wildman–Crippen MR) is 222 cm³/mol. The summed E-state index contributed by atoms with van der Waals surface area (Å²) < 4.78 is 5.59. The second-order valence-electron chi connectivity index (χ2n) is 14.9. The number of rotatable bonds is 15. The number of unbranched alkanes of at least 4 members (excludes halogenated alkanes) is 1. The van der Waals surface area contributed by atoms with Gasteiger partial charge in [-0.05, 0) is 85.5 Å². The number of fused-ring (bicyclic) bond motifs is 4. The number of aliphatic hydroxyl groups excluding tert-OH is 1. The minimum absolute atomic E-state index is 0.0841. The number of anilines is 1. The summed E-state index contributed by atoms with van der Waals surface area (Å²) in [5, 5.41) is 38.8. The van der Waals surface area contributed by atoms with Crippen molar-refractivity contribution in [2.24, 2.45) is 0 Å². The van der Waals surface area contributed by atoms with Crippen LogP contribution in [0.25, 0.3) is 22.0 Å². The quantitative estimate of drug-likeness (QED) is 0.0621. The number of nitrogens with zero attached hydrogens (tertiary/aromatic N) is 2. The van der Waals surface area contributed by atoms with Crippen molar-refractivity contribution in [3.63, 3.8) is 0 Å². The number of phenolic OH excluding ortho intramolecular Hbond substituents is 1. The van der Waals surface area contributed by atoms with Crippen molar-refractivity contribution in [1.29, 1.82) is 0 Å². The van der Waals surface area contributed by atoms with Gasteiger partial charge in [0.1, 0.15) is 11.5 Å². The Morgan fingerprint density at radius 3 is 2.46 bits per heavy atom. The Morgan fingerprint density at radius 1 is 0.982 bits per heavy atom. The highest BCUT2D eigenvalue weighted by molar-refractivity contribution is 6.34. The number of halogens is 1. The average molecular weight is 794 g/mol. The van der Waals surface area contributed by atoms with Crippen molar-refractivity contribution in [1.82, 2.24) is 20.5 Å². The number of piperidine rings is 3. The van der Waals surface area contributed by atoms with Gasteiger partial charge in [-0.2, -0.15) is 0 Å². The van der Waals surface area contributed by atoms with Crippen LogP contribution in [0.15, 0.2) is 89.7 Å². The van der Waals surface area contributed by atoms with Crippen molar-refractivity contribution in [3.05, 3.63) is 123 Å². The number of phenols is 1. The molecule has 12 nitrogen and oxygen atoms in total. The molecule has 6 N–H and O–H groups in total. The average Bonchev–Trinajstić information content (AvgIpc) is 3.22. The third-order valence-corrected chi connectivity index (χ3v) is 11.8. The van der Waals surface area contributed by atoms with Crippen LogP contribution >= 0.6 is 11.6 Å². The number of aromatic amines is 1. The Kier molecular flexibility index (Phi) is 12.2. The monoisotopic (exact) mass is 793 g/mol. The molecule has 0 unspecified atom stereocenters. The Labute approximate surface area is 336 Å². The Hall–Kier alpha value is -5.40. The number of aryl methyl sites for hydroxylation is 1. The highest BCUT2D eigenvalue weighted by atomic mass is 35.5. The summed E-state index contributed by atoms with van der Waals surface area (Å²) in [5.41, 5.74) is 4.67. The molecule has 57 heavy (non-hydrogen) atoms. The van der Waals surface area contributed by atoms with Crippen LogP contribution < -0.4 is 25.8 Å². The van der Waals surface area contributed by atoms with Crippen LogP contribution in [0, 0.1) is 0 Å². The van der Waals surface area contributed by atoms with E-state index >= 15 is 0 Å². The number of carbonyl (C=O) groups excluding carboxylic acids is 1. The number of aromatic nitrogens is 1. The number of aromatic hydroxyl groups is 1. The number of carboxylic acid groups (broad SMARTS) is 1. The number of ether oxygens (including phenoxy) is 1. The molecule has 3 aliphatic rings. The van der Waals surface area contributed by atoms with E-state index in [1.54, 1.807) is 29.2 Å². The highest BCUT2D eigenvalue weighted by Gasteiger charge is 2.47. The molecule has 0 saturated carbocycles. The SMILES string of the molecule is COc1cc(C(=O)NCCCCc2ccc(-c3ccccc3)c(N(C(=O)O)C34CCN(CC3)CC4)c2)c(Cl)cc1CNC[C@H](O)c1ccc(O)c2[nH]c(=O)ccc12. The molecule has 2 bridgehead atoms. The summed E-state index contributed by atoms with van der Waals surface area (Å²) in [4.78, 5) is 44.7. The van der Waals surface area contributed by atoms with Crippen LogP contribution in [0.3, 0.4) is 0 Å². The number of hydrogen-bond donors (Lipinski definition) is 6. The molecular formula is C44H48ClN5O7. The molecule has 3 fully saturated rings. The molecule has 13 heteroatoms. The van der Waals surface area contributed by atoms with E-state index in [2.05, 4.69) is 26.6 Å². The lowest BCUT2D eigenvalue weighted by molar-refractivity contribution is 0.0783. The minimum Gasteiger partial charge on any atom is -0.506 e.